The molecule has 180 valence electrons. The van der Waals surface area contributed by atoms with E-state index < -0.39 is 0 Å². The Balaban J connectivity index is 1.10. The van der Waals surface area contributed by atoms with Gasteiger partial charge in [0.05, 0.1) is 17.3 Å². The molecule has 1 aromatic heterocycles. The minimum absolute atomic E-state index is 0.0517. The summed E-state index contributed by atoms with van der Waals surface area (Å²) in [5, 5.41) is 3.34. The van der Waals surface area contributed by atoms with Crippen LogP contribution in [0, 0.1) is 5.82 Å². The van der Waals surface area contributed by atoms with E-state index in [2.05, 4.69) is 10.3 Å². The van der Waals surface area contributed by atoms with Crippen LogP contribution in [-0.4, -0.2) is 54.7 Å². The smallest absolute Gasteiger partial charge is 0.257 e. The van der Waals surface area contributed by atoms with Crippen LogP contribution in [0.5, 0.6) is 11.5 Å². The molecule has 1 N–H and O–H groups in total. The van der Waals surface area contributed by atoms with Crippen LogP contribution in [0.1, 0.15) is 33.3 Å². The largest absolute Gasteiger partial charge is 0.454 e. The van der Waals surface area contributed by atoms with Gasteiger partial charge in [-0.05, 0) is 43.2 Å². The molecule has 8 nitrogen and oxygen atoms in total. The Morgan fingerprint density at radius 2 is 1.86 bits per heavy atom. The topological polar surface area (TPSA) is 84.0 Å². The zero-order valence-corrected chi connectivity index (χ0v) is 19.6. The Morgan fingerprint density at radius 3 is 2.69 bits per heavy atom. The molecule has 6 rings (SSSR count). The first-order valence-electron chi connectivity index (χ1n) is 11.6. The maximum absolute atomic E-state index is 14.1. The van der Waals surface area contributed by atoms with E-state index in [1.165, 1.54) is 17.4 Å². The minimum Gasteiger partial charge on any atom is -0.454 e. The summed E-state index contributed by atoms with van der Waals surface area (Å²) in [5.41, 5.74) is 1.78. The number of fused-ring (bicyclic) bond motifs is 2. The Labute approximate surface area is 205 Å². The lowest BCUT2D eigenvalue weighted by Crippen LogP contribution is -2.50. The van der Waals surface area contributed by atoms with Gasteiger partial charge in [-0.2, -0.15) is 0 Å². The number of aromatic nitrogens is 1. The van der Waals surface area contributed by atoms with Crippen molar-refractivity contribution in [2.45, 2.75) is 18.8 Å². The number of carbonyl (C=O) groups excluding carboxylic acids is 2. The summed E-state index contributed by atoms with van der Waals surface area (Å²) in [6.45, 7) is 2.39. The molecule has 1 unspecified atom stereocenters. The Hall–Kier alpha value is -3.66. The highest BCUT2D eigenvalue weighted by Gasteiger charge is 2.36. The highest BCUT2D eigenvalue weighted by Crippen LogP contribution is 2.40. The van der Waals surface area contributed by atoms with Crippen molar-refractivity contribution in [3.05, 3.63) is 64.4 Å². The number of nitrogens with one attached hydrogen (secondary N) is 1. The highest BCUT2D eigenvalue weighted by atomic mass is 32.1. The van der Waals surface area contributed by atoms with Gasteiger partial charge in [-0.25, -0.2) is 9.37 Å². The molecule has 2 aromatic carbocycles. The van der Waals surface area contributed by atoms with E-state index in [4.69, 9.17) is 9.47 Å². The Kier molecular flexibility index (Phi) is 5.52. The third-order valence-corrected chi connectivity index (χ3v) is 7.70. The van der Waals surface area contributed by atoms with Crippen LogP contribution in [0.4, 0.5) is 15.2 Å². The number of nitrogens with zero attached hydrogens (tertiary/aromatic N) is 3. The summed E-state index contributed by atoms with van der Waals surface area (Å²) in [6, 6.07) is 11.8. The van der Waals surface area contributed by atoms with Crippen LogP contribution in [0.15, 0.2) is 42.5 Å². The lowest BCUT2D eigenvalue weighted by molar-refractivity contribution is -0.133. The van der Waals surface area contributed by atoms with E-state index in [-0.39, 0.29) is 30.3 Å². The minimum atomic E-state index is -0.308. The quantitative estimate of drug-likeness (QED) is 0.596. The summed E-state index contributed by atoms with van der Waals surface area (Å²) < 4.78 is 24.8. The fourth-order valence-corrected chi connectivity index (χ4v) is 5.86. The molecule has 35 heavy (non-hydrogen) atoms. The number of benzene rings is 2. The van der Waals surface area contributed by atoms with E-state index in [1.54, 1.807) is 30.3 Å². The first-order valence-corrected chi connectivity index (χ1v) is 12.4. The zero-order chi connectivity index (χ0) is 23.9. The predicted molar refractivity (Wildman–Crippen MR) is 129 cm³/mol. The van der Waals surface area contributed by atoms with Crippen molar-refractivity contribution in [1.82, 2.24) is 9.88 Å². The molecule has 3 aliphatic rings. The first-order chi connectivity index (χ1) is 17.1. The molecular weight excluding hydrogens is 471 g/mol. The first kappa shape index (κ1) is 21.8. The summed E-state index contributed by atoms with van der Waals surface area (Å²) in [4.78, 5) is 35.5. The third kappa shape index (κ3) is 4.07. The molecule has 2 aliphatic heterocycles. The third-order valence-electron chi connectivity index (χ3n) is 6.66. The molecule has 3 heterocycles. The number of thiazole rings is 1. The van der Waals surface area contributed by atoms with Gasteiger partial charge in [0.2, 0.25) is 12.7 Å². The van der Waals surface area contributed by atoms with E-state index in [9.17, 15) is 14.0 Å². The van der Waals surface area contributed by atoms with Crippen molar-refractivity contribution in [3.8, 4) is 11.5 Å². The molecular formula is C25H23FN4O4S. The molecule has 3 aromatic rings. The average Bonchev–Trinajstić information content (AvgIpc) is 3.59. The summed E-state index contributed by atoms with van der Waals surface area (Å²) in [5.74, 6) is 0.368. The summed E-state index contributed by atoms with van der Waals surface area (Å²) >= 11 is 1.42. The van der Waals surface area contributed by atoms with Crippen molar-refractivity contribution in [2.75, 3.05) is 43.2 Å². The van der Waals surface area contributed by atoms with Crippen molar-refractivity contribution >= 4 is 34.0 Å². The molecule has 1 atom stereocenters. The van der Waals surface area contributed by atoms with Gasteiger partial charge in [-0.1, -0.05) is 12.1 Å². The number of aryl methyl sites for hydroxylation is 1. The number of anilines is 2. The van der Waals surface area contributed by atoms with Crippen LogP contribution in [0.3, 0.4) is 0 Å². The lowest BCUT2D eigenvalue weighted by atomic mass is 10.1. The second-order valence-corrected chi connectivity index (χ2v) is 9.79. The van der Waals surface area contributed by atoms with Gasteiger partial charge < -0.3 is 19.3 Å². The van der Waals surface area contributed by atoms with E-state index in [0.717, 1.165) is 23.4 Å². The fraction of sp³-hybridized carbons (Fsp3) is 0.320. The predicted octanol–water partition coefficient (Wildman–Crippen LogP) is 3.64. The number of hydrogen-bond acceptors (Lipinski definition) is 7. The average molecular weight is 495 g/mol. The standard InChI is InChI=1S/C25H23FN4O4S/c26-17-3-1-2-4-18(17)29-9-11-30(12-10-29)24(32)16-6-8-21-22(16)27-25(35-21)28-23(31)15-5-7-19-20(13-15)34-14-33-19/h1-5,7,13,16H,6,8-12,14H2,(H,27,28,31). The number of hydrogen-bond donors (Lipinski definition) is 1. The lowest BCUT2D eigenvalue weighted by Gasteiger charge is -2.37. The number of rotatable bonds is 4. The van der Waals surface area contributed by atoms with Crippen LogP contribution in [0.25, 0.3) is 0 Å². The van der Waals surface area contributed by atoms with Crippen molar-refractivity contribution in [1.29, 1.82) is 0 Å². The van der Waals surface area contributed by atoms with Crippen molar-refractivity contribution in [3.63, 3.8) is 0 Å². The van der Waals surface area contributed by atoms with Gasteiger partial charge in [0.25, 0.3) is 5.91 Å². The van der Waals surface area contributed by atoms with Crippen LogP contribution >= 0.6 is 11.3 Å². The van der Waals surface area contributed by atoms with E-state index in [0.29, 0.717) is 54.1 Å². The molecule has 10 heteroatoms. The zero-order valence-electron chi connectivity index (χ0n) is 18.8. The maximum atomic E-state index is 14.1. The monoisotopic (exact) mass is 494 g/mol. The van der Waals surface area contributed by atoms with Gasteiger partial charge >= 0.3 is 0 Å². The molecule has 2 amide bonds. The number of halogens is 1. The maximum Gasteiger partial charge on any atom is 0.257 e. The Bertz CT molecular complexity index is 1300. The Morgan fingerprint density at radius 1 is 1.06 bits per heavy atom. The van der Waals surface area contributed by atoms with Gasteiger partial charge in [0.1, 0.15) is 5.82 Å². The van der Waals surface area contributed by atoms with E-state index >= 15 is 0 Å². The van der Waals surface area contributed by atoms with Gasteiger partial charge in [0, 0.05) is 36.6 Å². The number of para-hydroxylation sites is 1. The van der Waals surface area contributed by atoms with Crippen LogP contribution < -0.4 is 19.7 Å². The summed E-state index contributed by atoms with van der Waals surface area (Å²) in [6.07, 6.45) is 1.48. The molecule has 0 radical (unpaired) electrons. The molecule has 0 saturated carbocycles. The SMILES string of the molecule is O=C(Nc1nc2c(s1)CCC2C(=O)N1CCN(c2ccccc2F)CC1)c1ccc2c(c1)OCO2. The number of piperazine rings is 1. The van der Waals surface area contributed by atoms with Crippen molar-refractivity contribution < 1.29 is 23.5 Å². The van der Waals surface area contributed by atoms with Crippen LogP contribution in [0.2, 0.25) is 0 Å². The summed E-state index contributed by atoms with van der Waals surface area (Å²) in [7, 11) is 0. The van der Waals surface area contributed by atoms with Gasteiger partial charge in [-0.3, -0.25) is 14.9 Å². The number of amides is 2. The van der Waals surface area contributed by atoms with Gasteiger partial charge in [-0.15, -0.1) is 11.3 Å². The molecule has 1 fully saturated rings. The van der Waals surface area contributed by atoms with E-state index in [1.807, 2.05) is 15.9 Å². The number of ether oxygens (including phenoxy) is 2. The van der Waals surface area contributed by atoms with Crippen LogP contribution in [-0.2, 0) is 11.2 Å². The van der Waals surface area contributed by atoms with Gasteiger partial charge in [0.15, 0.2) is 16.6 Å². The second-order valence-electron chi connectivity index (χ2n) is 8.70. The molecule has 1 aliphatic carbocycles. The molecule has 0 spiro atoms. The fourth-order valence-electron chi connectivity index (χ4n) is 4.82. The molecule has 1 saturated heterocycles. The number of carbonyl (C=O) groups is 2. The highest BCUT2D eigenvalue weighted by molar-refractivity contribution is 7.16. The van der Waals surface area contributed by atoms with Crippen molar-refractivity contribution in [2.24, 2.45) is 0 Å². The second kappa shape index (κ2) is 8.84. The normalized spacial score (nSPS) is 18.5. The molecule has 0 bridgehead atoms.